The lowest BCUT2D eigenvalue weighted by molar-refractivity contribution is 0.169. The summed E-state index contributed by atoms with van der Waals surface area (Å²) in [6.07, 6.45) is 4.18. The molecule has 1 N–H and O–H groups in total. The summed E-state index contributed by atoms with van der Waals surface area (Å²) in [4.78, 5) is 9.62. The standard InChI is InChI=1S/C22H27N5O2/c1-2-5-19(6-3-1)17-24-22(23-10-8-21-7-4-15-28-21)27-13-11-26(12-14-27)18-20-9-16-29-25-20/h1-7,9,15-16H,8,10-14,17-18H2,(H,23,24). The van der Waals surface area contributed by atoms with Gasteiger partial charge in [0.1, 0.15) is 12.0 Å². The van der Waals surface area contributed by atoms with Crippen LogP contribution in [0.4, 0.5) is 0 Å². The minimum atomic E-state index is 0.670. The number of hydrogen-bond donors (Lipinski definition) is 1. The highest BCUT2D eigenvalue weighted by atomic mass is 16.5. The van der Waals surface area contributed by atoms with Gasteiger partial charge in [0.2, 0.25) is 0 Å². The van der Waals surface area contributed by atoms with E-state index in [4.69, 9.17) is 13.9 Å². The first-order chi connectivity index (χ1) is 14.4. The molecule has 3 aromatic rings. The topological polar surface area (TPSA) is 70.0 Å². The highest BCUT2D eigenvalue weighted by Crippen LogP contribution is 2.09. The van der Waals surface area contributed by atoms with Crippen LogP contribution < -0.4 is 5.32 Å². The number of nitrogens with one attached hydrogen (secondary N) is 1. The van der Waals surface area contributed by atoms with Crippen LogP contribution in [0, 0.1) is 0 Å². The molecule has 1 fully saturated rings. The predicted molar refractivity (Wildman–Crippen MR) is 111 cm³/mol. The van der Waals surface area contributed by atoms with Gasteiger partial charge in [0.05, 0.1) is 18.5 Å². The zero-order valence-corrected chi connectivity index (χ0v) is 16.5. The van der Waals surface area contributed by atoms with E-state index in [1.807, 2.05) is 24.3 Å². The molecule has 1 saturated heterocycles. The number of nitrogens with zero attached hydrogens (tertiary/aromatic N) is 4. The molecule has 1 aliphatic heterocycles. The van der Waals surface area contributed by atoms with E-state index >= 15 is 0 Å². The molecule has 152 valence electrons. The van der Waals surface area contributed by atoms with Crippen molar-refractivity contribution in [3.63, 3.8) is 0 Å². The molecule has 0 radical (unpaired) electrons. The van der Waals surface area contributed by atoms with Crippen LogP contribution in [0.3, 0.4) is 0 Å². The number of hydrogen-bond acceptors (Lipinski definition) is 5. The normalized spacial score (nSPS) is 15.6. The summed E-state index contributed by atoms with van der Waals surface area (Å²) in [7, 11) is 0. The van der Waals surface area contributed by atoms with Crippen molar-refractivity contribution in [3.8, 4) is 0 Å². The highest BCUT2D eigenvalue weighted by molar-refractivity contribution is 5.80. The second-order valence-electron chi connectivity index (χ2n) is 7.14. The average Bonchev–Trinajstić information content (AvgIpc) is 3.46. The fourth-order valence-corrected chi connectivity index (χ4v) is 3.44. The summed E-state index contributed by atoms with van der Waals surface area (Å²) >= 11 is 0. The van der Waals surface area contributed by atoms with Gasteiger partial charge in [-0.3, -0.25) is 4.90 Å². The van der Waals surface area contributed by atoms with Crippen LogP contribution in [-0.4, -0.2) is 53.6 Å². The molecule has 0 saturated carbocycles. The molecule has 0 spiro atoms. The van der Waals surface area contributed by atoms with Gasteiger partial charge in [0.15, 0.2) is 5.96 Å². The third-order valence-corrected chi connectivity index (χ3v) is 5.04. The van der Waals surface area contributed by atoms with E-state index in [2.05, 4.69) is 44.5 Å². The first-order valence-electron chi connectivity index (χ1n) is 10.1. The van der Waals surface area contributed by atoms with E-state index < -0.39 is 0 Å². The fraction of sp³-hybridized carbons (Fsp3) is 0.364. The second kappa shape index (κ2) is 9.93. The number of piperazine rings is 1. The van der Waals surface area contributed by atoms with Gasteiger partial charge in [-0.25, -0.2) is 4.99 Å². The first kappa shape index (κ1) is 19.3. The lowest BCUT2D eigenvalue weighted by Crippen LogP contribution is -2.52. The molecular formula is C22H27N5O2. The molecular weight excluding hydrogens is 366 g/mol. The molecule has 3 heterocycles. The monoisotopic (exact) mass is 393 g/mol. The third kappa shape index (κ3) is 5.71. The lowest BCUT2D eigenvalue weighted by atomic mass is 10.2. The Morgan fingerprint density at radius 3 is 2.59 bits per heavy atom. The minimum Gasteiger partial charge on any atom is -0.469 e. The van der Waals surface area contributed by atoms with Gasteiger partial charge >= 0.3 is 0 Å². The van der Waals surface area contributed by atoms with Gasteiger partial charge in [-0.2, -0.15) is 0 Å². The maximum atomic E-state index is 5.44. The van der Waals surface area contributed by atoms with Crippen LogP contribution in [0.15, 0.2) is 75.0 Å². The first-order valence-corrected chi connectivity index (χ1v) is 10.1. The van der Waals surface area contributed by atoms with E-state index in [-0.39, 0.29) is 0 Å². The van der Waals surface area contributed by atoms with Crippen LogP contribution in [0.2, 0.25) is 0 Å². The molecule has 4 rings (SSSR count). The van der Waals surface area contributed by atoms with E-state index in [0.717, 1.165) is 63.1 Å². The van der Waals surface area contributed by atoms with Crippen LogP contribution in [0.25, 0.3) is 0 Å². The van der Waals surface area contributed by atoms with Crippen molar-refractivity contribution in [2.45, 2.75) is 19.5 Å². The molecule has 2 aromatic heterocycles. The molecule has 29 heavy (non-hydrogen) atoms. The SMILES string of the molecule is c1ccc(CN=C(NCCc2ccco2)N2CCN(Cc3ccon3)CC2)cc1. The summed E-state index contributed by atoms with van der Waals surface area (Å²) in [5, 5.41) is 7.55. The van der Waals surface area contributed by atoms with Crippen molar-refractivity contribution in [2.24, 2.45) is 4.99 Å². The van der Waals surface area contributed by atoms with Crippen molar-refractivity contribution < 1.29 is 8.94 Å². The Balaban J connectivity index is 1.35. The van der Waals surface area contributed by atoms with Crippen molar-refractivity contribution in [3.05, 3.63) is 78.1 Å². The zero-order valence-electron chi connectivity index (χ0n) is 16.5. The number of benzene rings is 1. The average molecular weight is 393 g/mol. The van der Waals surface area contributed by atoms with E-state index in [1.54, 1.807) is 12.5 Å². The van der Waals surface area contributed by atoms with Crippen LogP contribution >= 0.6 is 0 Å². The molecule has 7 heteroatoms. The van der Waals surface area contributed by atoms with Crippen LogP contribution in [-0.2, 0) is 19.5 Å². The lowest BCUT2D eigenvalue weighted by Gasteiger charge is -2.36. The highest BCUT2D eigenvalue weighted by Gasteiger charge is 2.20. The third-order valence-electron chi connectivity index (χ3n) is 5.04. The van der Waals surface area contributed by atoms with Crippen molar-refractivity contribution in [2.75, 3.05) is 32.7 Å². The Bertz CT molecular complexity index is 854. The van der Waals surface area contributed by atoms with E-state index in [0.29, 0.717) is 6.54 Å². The Labute approximate surface area is 171 Å². The maximum absolute atomic E-state index is 5.44. The van der Waals surface area contributed by atoms with Gasteiger partial charge in [0, 0.05) is 51.8 Å². The molecule has 7 nitrogen and oxygen atoms in total. The number of aliphatic imine (C=N–C) groups is 1. The molecule has 1 aliphatic rings. The van der Waals surface area contributed by atoms with Crippen molar-refractivity contribution >= 4 is 5.96 Å². The van der Waals surface area contributed by atoms with Gasteiger partial charge < -0.3 is 19.2 Å². The summed E-state index contributed by atoms with van der Waals surface area (Å²) < 4.78 is 10.4. The summed E-state index contributed by atoms with van der Waals surface area (Å²) in [6, 6.07) is 16.2. The van der Waals surface area contributed by atoms with Crippen molar-refractivity contribution in [1.82, 2.24) is 20.3 Å². The van der Waals surface area contributed by atoms with Gasteiger partial charge in [-0.15, -0.1) is 0 Å². The quantitative estimate of drug-likeness (QED) is 0.492. The Kier molecular flexibility index (Phi) is 6.60. The van der Waals surface area contributed by atoms with E-state index in [9.17, 15) is 0 Å². The molecule has 0 atom stereocenters. The number of rotatable bonds is 7. The predicted octanol–water partition coefficient (Wildman–Crippen LogP) is 2.77. The molecule has 1 aromatic carbocycles. The zero-order chi connectivity index (χ0) is 19.7. The molecule has 0 amide bonds. The van der Waals surface area contributed by atoms with E-state index in [1.165, 1.54) is 5.56 Å². The van der Waals surface area contributed by atoms with Gasteiger partial charge in [-0.05, 0) is 17.7 Å². The second-order valence-corrected chi connectivity index (χ2v) is 7.14. The molecule has 0 aliphatic carbocycles. The summed E-state index contributed by atoms with van der Waals surface area (Å²) in [5.74, 6) is 1.94. The number of guanidine groups is 1. The maximum Gasteiger partial charge on any atom is 0.194 e. The van der Waals surface area contributed by atoms with Gasteiger partial charge in [0.25, 0.3) is 0 Å². The number of aromatic nitrogens is 1. The molecule has 0 bridgehead atoms. The largest absolute Gasteiger partial charge is 0.469 e. The minimum absolute atomic E-state index is 0.670. The van der Waals surface area contributed by atoms with Crippen LogP contribution in [0.5, 0.6) is 0 Å². The number of furan rings is 1. The van der Waals surface area contributed by atoms with Gasteiger partial charge in [-0.1, -0.05) is 35.5 Å². The smallest absolute Gasteiger partial charge is 0.194 e. The molecule has 0 unspecified atom stereocenters. The Morgan fingerprint density at radius 1 is 1.00 bits per heavy atom. The Morgan fingerprint density at radius 2 is 1.86 bits per heavy atom. The summed E-state index contributed by atoms with van der Waals surface area (Å²) in [5.41, 5.74) is 2.19. The van der Waals surface area contributed by atoms with Crippen molar-refractivity contribution in [1.29, 1.82) is 0 Å². The fourth-order valence-electron chi connectivity index (χ4n) is 3.44. The summed E-state index contributed by atoms with van der Waals surface area (Å²) in [6.45, 7) is 6.09. The van der Waals surface area contributed by atoms with Crippen LogP contribution in [0.1, 0.15) is 17.0 Å². The Hall–Kier alpha value is -3.06.